The number of nitrogens with one attached hydrogen (secondary N) is 1. The molecule has 4 rings (SSSR count). The molecule has 0 bridgehead atoms. The van der Waals surface area contributed by atoms with Gasteiger partial charge in [-0.25, -0.2) is 8.42 Å². The number of hydrogen-bond donors (Lipinski definition) is 1. The monoisotopic (exact) mass is 595 g/mol. The Kier molecular flexibility index (Phi) is 10.5. The summed E-state index contributed by atoms with van der Waals surface area (Å²) in [7, 11) is -4.14. The zero-order chi connectivity index (χ0) is 29.4. The van der Waals surface area contributed by atoms with Crippen molar-refractivity contribution in [2.24, 2.45) is 0 Å². The molecule has 7 nitrogen and oxygen atoms in total. The molecule has 1 atom stereocenters. The first-order valence-electron chi connectivity index (χ1n) is 14.2. The predicted octanol–water partition coefficient (Wildman–Crippen LogP) is 6.10. The van der Waals surface area contributed by atoms with Gasteiger partial charge in [-0.2, -0.15) is 0 Å². The fourth-order valence-electron chi connectivity index (χ4n) is 5.34. The molecule has 9 heteroatoms. The van der Waals surface area contributed by atoms with Gasteiger partial charge in [0.1, 0.15) is 12.6 Å². The average molecular weight is 596 g/mol. The van der Waals surface area contributed by atoms with Crippen LogP contribution in [0.15, 0.2) is 83.8 Å². The highest BCUT2D eigenvalue weighted by molar-refractivity contribution is 7.92. The fourth-order valence-corrected chi connectivity index (χ4v) is 7.01. The molecule has 0 heterocycles. The second kappa shape index (κ2) is 14.0. The zero-order valence-electron chi connectivity index (χ0n) is 23.6. The molecule has 1 fully saturated rings. The quantitative estimate of drug-likeness (QED) is 0.290. The van der Waals surface area contributed by atoms with Crippen molar-refractivity contribution in [3.05, 3.63) is 95.0 Å². The second-order valence-electron chi connectivity index (χ2n) is 10.5. The van der Waals surface area contributed by atoms with Gasteiger partial charge >= 0.3 is 0 Å². The van der Waals surface area contributed by atoms with Crippen LogP contribution in [0.1, 0.15) is 56.6 Å². The van der Waals surface area contributed by atoms with Gasteiger partial charge in [0, 0.05) is 17.6 Å². The summed E-state index contributed by atoms with van der Waals surface area (Å²) in [6.07, 6.45) is 5.53. The Morgan fingerprint density at radius 1 is 0.927 bits per heavy atom. The molecule has 1 N–H and O–H groups in total. The minimum Gasteiger partial charge on any atom is -0.352 e. The number of benzene rings is 3. The molecule has 0 unspecified atom stereocenters. The van der Waals surface area contributed by atoms with Crippen molar-refractivity contribution >= 4 is 39.1 Å². The number of sulfonamides is 1. The van der Waals surface area contributed by atoms with Gasteiger partial charge < -0.3 is 10.2 Å². The van der Waals surface area contributed by atoms with E-state index in [1.165, 1.54) is 17.0 Å². The maximum atomic E-state index is 14.2. The number of amides is 2. The molecule has 3 aromatic carbocycles. The van der Waals surface area contributed by atoms with E-state index in [0.717, 1.165) is 42.0 Å². The van der Waals surface area contributed by atoms with Crippen LogP contribution in [0, 0.1) is 6.92 Å². The summed E-state index contributed by atoms with van der Waals surface area (Å²) in [5.74, 6) is -0.682. The highest BCUT2D eigenvalue weighted by atomic mass is 35.5. The van der Waals surface area contributed by atoms with Crippen LogP contribution in [0.3, 0.4) is 0 Å². The molecule has 2 amide bonds. The normalized spacial score (nSPS) is 14.7. The van der Waals surface area contributed by atoms with E-state index in [1.54, 1.807) is 43.3 Å². The lowest BCUT2D eigenvalue weighted by Crippen LogP contribution is -2.54. The summed E-state index contributed by atoms with van der Waals surface area (Å²) in [5, 5.41) is 3.56. The van der Waals surface area contributed by atoms with E-state index in [4.69, 9.17) is 11.6 Å². The fraction of sp³-hybridized carbons (Fsp3) is 0.375. The summed E-state index contributed by atoms with van der Waals surface area (Å²) < 4.78 is 29.1. The molecule has 0 saturated heterocycles. The van der Waals surface area contributed by atoms with Crippen LogP contribution in [0.25, 0.3) is 0 Å². The predicted molar refractivity (Wildman–Crippen MR) is 163 cm³/mol. The topological polar surface area (TPSA) is 86.8 Å². The number of hydrogen-bond acceptors (Lipinski definition) is 4. The summed E-state index contributed by atoms with van der Waals surface area (Å²) in [6.45, 7) is 3.28. The van der Waals surface area contributed by atoms with Crippen LogP contribution in [0.4, 0.5) is 5.69 Å². The molecule has 1 aliphatic carbocycles. The molecule has 0 aliphatic heterocycles. The maximum absolute atomic E-state index is 14.2. The van der Waals surface area contributed by atoms with Crippen molar-refractivity contribution in [2.45, 2.75) is 75.9 Å². The van der Waals surface area contributed by atoms with Gasteiger partial charge in [-0.3, -0.25) is 13.9 Å². The average Bonchev–Trinajstić information content (AvgIpc) is 2.98. The smallest absolute Gasteiger partial charge is 0.264 e. The highest BCUT2D eigenvalue weighted by Gasteiger charge is 2.35. The van der Waals surface area contributed by atoms with Gasteiger partial charge in [0.05, 0.1) is 10.6 Å². The number of nitrogens with zero attached hydrogens (tertiary/aromatic N) is 2. The Morgan fingerprint density at radius 3 is 2.20 bits per heavy atom. The molecule has 218 valence electrons. The number of carbonyl (C=O) groups excluding carboxylic acids is 2. The minimum absolute atomic E-state index is 0.0591. The lowest BCUT2D eigenvalue weighted by atomic mass is 9.95. The van der Waals surface area contributed by atoms with Gasteiger partial charge in [0.2, 0.25) is 11.8 Å². The Labute approximate surface area is 248 Å². The van der Waals surface area contributed by atoms with Gasteiger partial charge in [-0.1, -0.05) is 92.4 Å². The number of halogens is 1. The molecule has 1 aliphatic rings. The molecular weight excluding hydrogens is 558 g/mol. The van der Waals surface area contributed by atoms with E-state index in [1.807, 2.05) is 37.3 Å². The van der Waals surface area contributed by atoms with Crippen molar-refractivity contribution in [1.82, 2.24) is 10.2 Å². The minimum atomic E-state index is -4.14. The Hall–Kier alpha value is -3.36. The van der Waals surface area contributed by atoms with Crippen molar-refractivity contribution in [1.29, 1.82) is 0 Å². The lowest BCUT2D eigenvalue weighted by Gasteiger charge is -2.34. The lowest BCUT2D eigenvalue weighted by molar-refractivity contribution is -0.140. The van der Waals surface area contributed by atoms with E-state index in [-0.39, 0.29) is 23.4 Å². The Morgan fingerprint density at radius 2 is 1.56 bits per heavy atom. The Bertz CT molecular complexity index is 1430. The molecule has 3 aromatic rings. The summed E-state index contributed by atoms with van der Waals surface area (Å²) in [4.78, 5) is 29.4. The third-order valence-electron chi connectivity index (χ3n) is 7.65. The number of rotatable bonds is 11. The Balaban J connectivity index is 1.71. The van der Waals surface area contributed by atoms with Crippen LogP contribution in [-0.4, -0.2) is 43.8 Å². The third kappa shape index (κ3) is 7.49. The zero-order valence-corrected chi connectivity index (χ0v) is 25.2. The van der Waals surface area contributed by atoms with Gasteiger partial charge in [-0.05, 0) is 61.6 Å². The molecule has 0 radical (unpaired) electrons. The highest BCUT2D eigenvalue weighted by Crippen LogP contribution is 2.31. The first-order valence-corrected chi connectivity index (χ1v) is 16.0. The van der Waals surface area contributed by atoms with Crippen LogP contribution >= 0.6 is 11.6 Å². The van der Waals surface area contributed by atoms with E-state index >= 15 is 0 Å². The first-order chi connectivity index (χ1) is 19.7. The van der Waals surface area contributed by atoms with Crippen LogP contribution < -0.4 is 9.62 Å². The van der Waals surface area contributed by atoms with Crippen molar-refractivity contribution in [3.8, 4) is 0 Å². The molecule has 0 spiro atoms. The van der Waals surface area contributed by atoms with Crippen LogP contribution in [0.5, 0.6) is 0 Å². The molecule has 0 aromatic heterocycles. The van der Waals surface area contributed by atoms with Crippen molar-refractivity contribution in [3.63, 3.8) is 0 Å². The van der Waals surface area contributed by atoms with Gasteiger partial charge in [-0.15, -0.1) is 0 Å². The number of carbonyl (C=O) groups is 2. The van der Waals surface area contributed by atoms with Gasteiger partial charge in [0.25, 0.3) is 10.0 Å². The van der Waals surface area contributed by atoms with E-state index in [0.29, 0.717) is 22.7 Å². The first kappa shape index (κ1) is 30.6. The van der Waals surface area contributed by atoms with E-state index < -0.39 is 28.5 Å². The summed E-state index contributed by atoms with van der Waals surface area (Å²) in [6, 6.07) is 21.8. The molecule has 1 saturated carbocycles. The van der Waals surface area contributed by atoms with Crippen LogP contribution in [0.2, 0.25) is 5.02 Å². The van der Waals surface area contributed by atoms with Crippen molar-refractivity contribution in [2.75, 3.05) is 10.8 Å². The summed E-state index contributed by atoms with van der Waals surface area (Å²) >= 11 is 6.40. The second-order valence-corrected chi connectivity index (χ2v) is 12.8. The standard InChI is InChI=1S/C32H38ClN3O4S/c1-3-29(32(38)34-26-16-9-5-10-17-26)35(22-25-14-7-4-8-15-25)31(37)23-36(30-21-13-20-28(33)24(30)2)41(39,40)27-18-11-6-12-19-27/h4,6-8,11-15,18-21,26,29H,3,5,9-10,16-17,22-23H2,1-2H3,(H,34,38)/t29-/m0/s1. The third-order valence-corrected chi connectivity index (χ3v) is 9.83. The molecular formula is C32H38ClN3O4S. The number of anilines is 1. The van der Waals surface area contributed by atoms with E-state index in [2.05, 4.69) is 5.32 Å². The van der Waals surface area contributed by atoms with Gasteiger partial charge in [0.15, 0.2) is 0 Å². The maximum Gasteiger partial charge on any atom is 0.264 e. The molecule has 41 heavy (non-hydrogen) atoms. The van der Waals surface area contributed by atoms with E-state index in [9.17, 15) is 18.0 Å². The SMILES string of the molecule is CC[C@@H](C(=O)NC1CCCCC1)N(Cc1ccccc1)C(=O)CN(c1cccc(Cl)c1C)S(=O)(=O)c1ccccc1. The van der Waals surface area contributed by atoms with Crippen molar-refractivity contribution < 1.29 is 18.0 Å². The summed E-state index contributed by atoms with van der Waals surface area (Å²) in [5.41, 5.74) is 1.70. The van der Waals surface area contributed by atoms with Crippen LogP contribution in [-0.2, 0) is 26.2 Å². The largest absolute Gasteiger partial charge is 0.352 e.